The number of fused-ring (bicyclic) bond motifs is 1. The van der Waals surface area contributed by atoms with Crippen molar-refractivity contribution in [2.75, 3.05) is 6.54 Å². The molecule has 154 valence electrons. The Morgan fingerprint density at radius 3 is 2.69 bits per heavy atom. The zero-order valence-electron chi connectivity index (χ0n) is 16.5. The summed E-state index contributed by atoms with van der Waals surface area (Å²) in [5.41, 5.74) is 1.72. The first-order valence-corrected chi connectivity index (χ1v) is 10.6. The van der Waals surface area contributed by atoms with Crippen molar-refractivity contribution in [3.05, 3.63) is 52.9 Å². The molecular weight excluding hydrogens is 371 g/mol. The number of carbonyl (C=O) groups excluding carboxylic acids is 2. The number of imidazole rings is 1. The number of halogens is 1. The minimum absolute atomic E-state index is 0.189. The van der Waals surface area contributed by atoms with Gasteiger partial charge in [-0.2, -0.15) is 0 Å². The molecule has 2 amide bonds. The lowest BCUT2D eigenvalue weighted by molar-refractivity contribution is 0.0921. The fourth-order valence-electron chi connectivity index (χ4n) is 4.31. The van der Waals surface area contributed by atoms with Gasteiger partial charge in [0, 0.05) is 19.1 Å². The van der Waals surface area contributed by atoms with Gasteiger partial charge < -0.3 is 15.2 Å². The van der Waals surface area contributed by atoms with Crippen LogP contribution < -0.4 is 10.6 Å². The van der Waals surface area contributed by atoms with Crippen LogP contribution >= 0.6 is 0 Å². The first-order chi connectivity index (χ1) is 14.1. The molecule has 0 saturated heterocycles. The Bertz CT molecular complexity index is 902. The topological polar surface area (TPSA) is 76.0 Å². The van der Waals surface area contributed by atoms with Gasteiger partial charge in [0.25, 0.3) is 11.8 Å². The summed E-state index contributed by atoms with van der Waals surface area (Å²) < 4.78 is 15.7. The Morgan fingerprint density at radius 1 is 1.10 bits per heavy atom. The highest BCUT2D eigenvalue weighted by molar-refractivity contribution is 5.97. The van der Waals surface area contributed by atoms with Gasteiger partial charge in [0.2, 0.25) is 0 Å². The molecule has 1 aromatic carbocycles. The van der Waals surface area contributed by atoms with Crippen molar-refractivity contribution < 1.29 is 14.0 Å². The minimum Gasteiger partial charge on any atom is -0.350 e. The van der Waals surface area contributed by atoms with Gasteiger partial charge in [0.1, 0.15) is 11.5 Å². The van der Waals surface area contributed by atoms with E-state index in [1.807, 2.05) is 4.57 Å². The number of rotatable bonds is 6. The summed E-state index contributed by atoms with van der Waals surface area (Å²) in [7, 11) is 0. The predicted octanol–water partition coefficient (Wildman–Crippen LogP) is 3.00. The molecule has 1 saturated carbocycles. The lowest BCUT2D eigenvalue weighted by Gasteiger charge is -2.18. The van der Waals surface area contributed by atoms with Crippen LogP contribution in [0, 0.1) is 5.82 Å². The molecule has 29 heavy (non-hydrogen) atoms. The molecule has 2 heterocycles. The van der Waals surface area contributed by atoms with Crippen molar-refractivity contribution in [1.29, 1.82) is 0 Å². The molecule has 1 aliphatic heterocycles. The van der Waals surface area contributed by atoms with Crippen molar-refractivity contribution in [2.45, 2.75) is 64.0 Å². The summed E-state index contributed by atoms with van der Waals surface area (Å²) >= 11 is 0. The van der Waals surface area contributed by atoms with Gasteiger partial charge >= 0.3 is 0 Å². The third-order valence-corrected chi connectivity index (χ3v) is 5.86. The summed E-state index contributed by atoms with van der Waals surface area (Å²) in [5.74, 6) is -0.421. The maximum absolute atomic E-state index is 13.7. The molecule has 0 unspecified atom stereocenters. The summed E-state index contributed by atoms with van der Waals surface area (Å²) in [6.07, 6.45) is 7.38. The molecule has 0 bridgehead atoms. The molecule has 0 atom stereocenters. The number of aromatic nitrogens is 2. The maximum atomic E-state index is 13.7. The van der Waals surface area contributed by atoms with E-state index in [1.54, 1.807) is 18.2 Å². The smallest absolute Gasteiger partial charge is 0.287 e. The number of benzene rings is 1. The molecule has 0 radical (unpaired) electrons. The molecule has 7 heteroatoms. The monoisotopic (exact) mass is 398 g/mol. The van der Waals surface area contributed by atoms with Crippen LogP contribution in [0.1, 0.15) is 70.9 Å². The van der Waals surface area contributed by atoms with Crippen molar-refractivity contribution in [1.82, 2.24) is 20.2 Å². The molecule has 1 aliphatic carbocycles. The second kappa shape index (κ2) is 8.76. The highest BCUT2D eigenvalue weighted by atomic mass is 19.1. The van der Waals surface area contributed by atoms with Gasteiger partial charge in [-0.15, -0.1) is 0 Å². The Kier molecular flexibility index (Phi) is 5.92. The molecule has 1 aromatic heterocycles. The van der Waals surface area contributed by atoms with Crippen LogP contribution in [-0.4, -0.2) is 34.0 Å². The van der Waals surface area contributed by atoms with E-state index in [0.29, 0.717) is 36.6 Å². The summed E-state index contributed by atoms with van der Waals surface area (Å²) in [4.78, 5) is 30.0. The van der Waals surface area contributed by atoms with E-state index in [0.717, 1.165) is 50.6 Å². The fraction of sp³-hybridized carbons (Fsp3) is 0.500. The van der Waals surface area contributed by atoms with E-state index in [4.69, 9.17) is 0 Å². The van der Waals surface area contributed by atoms with Crippen molar-refractivity contribution >= 4 is 11.8 Å². The zero-order chi connectivity index (χ0) is 20.2. The van der Waals surface area contributed by atoms with Gasteiger partial charge in [-0.05, 0) is 50.2 Å². The first kappa shape index (κ1) is 19.6. The van der Waals surface area contributed by atoms with Crippen LogP contribution in [0.3, 0.4) is 0 Å². The summed E-state index contributed by atoms with van der Waals surface area (Å²) in [6, 6.07) is 6.76. The average molecular weight is 398 g/mol. The molecule has 4 rings (SSSR count). The van der Waals surface area contributed by atoms with Gasteiger partial charge in [-0.25, -0.2) is 9.37 Å². The van der Waals surface area contributed by atoms with E-state index < -0.39 is 0 Å². The average Bonchev–Trinajstić information content (AvgIpc) is 3.37. The lowest BCUT2D eigenvalue weighted by Crippen LogP contribution is -2.35. The Hall–Kier alpha value is -2.70. The summed E-state index contributed by atoms with van der Waals surface area (Å²) in [6.45, 7) is 1.02. The Balaban J connectivity index is 1.46. The Labute approximate surface area is 169 Å². The second-order valence-electron chi connectivity index (χ2n) is 7.89. The van der Waals surface area contributed by atoms with Gasteiger partial charge in [-0.1, -0.05) is 31.0 Å². The van der Waals surface area contributed by atoms with E-state index in [1.165, 1.54) is 6.07 Å². The van der Waals surface area contributed by atoms with Crippen LogP contribution in [0.5, 0.6) is 0 Å². The van der Waals surface area contributed by atoms with E-state index in [-0.39, 0.29) is 23.7 Å². The number of hydrogen-bond donors (Lipinski definition) is 2. The SMILES string of the molecule is O=C(NCCc1ccccc1F)c1nc(C(=O)NC2CCCC2)n2c1CCCC2. The molecule has 2 aromatic rings. The minimum atomic E-state index is -0.299. The van der Waals surface area contributed by atoms with E-state index in [2.05, 4.69) is 15.6 Å². The van der Waals surface area contributed by atoms with Crippen molar-refractivity contribution in [3.8, 4) is 0 Å². The largest absolute Gasteiger partial charge is 0.350 e. The van der Waals surface area contributed by atoms with Gasteiger partial charge in [-0.3, -0.25) is 9.59 Å². The molecular formula is C22H27FN4O2. The molecule has 1 fully saturated rings. The standard InChI is InChI=1S/C22H27FN4O2/c23-17-10-4-1-7-15(17)12-13-24-21(28)19-18-11-5-6-14-27(18)20(26-19)22(29)25-16-8-2-3-9-16/h1,4,7,10,16H,2-3,5-6,8-9,11-14H2,(H,24,28)(H,25,29). The molecule has 0 spiro atoms. The highest BCUT2D eigenvalue weighted by Gasteiger charge is 2.28. The number of nitrogens with zero attached hydrogens (tertiary/aromatic N) is 2. The third kappa shape index (κ3) is 4.33. The molecule has 2 aliphatic rings. The quantitative estimate of drug-likeness (QED) is 0.785. The molecule has 6 nitrogen and oxygen atoms in total. The van der Waals surface area contributed by atoms with Crippen LogP contribution in [0.15, 0.2) is 24.3 Å². The van der Waals surface area contributed by atoms with Crippen molar-refractivity contribution in [3.63, 3.8) is 0 Å². The van der Waals surface area contributed by atoms with Crippen molar-refractivity contribution in [2.24, 2.45) is 0 Å². The molecule has 2 N–H and O–H groups in total. The fourth-order valence-corrected chi connectivity index (χ4v) is 4.31. The van der Waals surface area contributed by atoms with Crippen LogP contribution in [0.25, 0.3) is 0 Å². The number of carbonyl (C=O) groups is 2. The van der Waals surface area contributed by atoms with Crippen LogP contribution in [-0.2, 0) is 19.4 Å². The first-order valence-electron chi connectivity index (χ1n) is 10.6. The van der Waals surface area contributed by atoms with Crippen LogP contribution in [0.4, 0.5) is 4.39 Å². The van der Waals surface area contributed by atoms with Gasteiger partial charge in [0.05, 0.1) is 5.69 Å². The Morgan fingerprint density at radius 2 is 1.90 bits per heavy atom. The second-order valence-corrected chi connectivity index (χ2v) is 7.89. The van der Waals surface area contributed by atoms with E-state index in [9.17, 15) is 14.0 Å². The lowest BCUT2D eigenvalue weighted by atomic mass is 10.1. The van der Waals surface area contributed by atoms with Gasteiger partial charge in [0.15, 0.2) is 5.82 Å². The predicted molar refractivity (Wildman–Crippen MR) is 107 cm³/mol. The number of amides is 2. The summed E-state index contributed by atoms with van der Waals surface area (Å²) in [5, 5.41) is 5.91. The number of hydrogen-bond acceptors (Lipinski definition) is 3. The highest BCUT2D eigenvalue weighted by Crippen LogP contribution is 2.23. The number of nitrogens with one attached hydrogen (secondary N) is 2. The van der Waals surface area contributed by atoms with Crippen LogP contribution in [0.2, 0.25) is 0 Å². The maximum Gasteiger partial charge on any atom is 0.287 e. The third-order valence-electron chi connectivity index (χ3n) is 5.86. The van der Waals surface area contributed by atoms with E-state index >= 15 is 0 Å². The normalized spacial score (nSPS) is 16.4. The zero-order valence-corrected chi connectivity index (χ0v) is 16.5.